The van der Waals surface area contributed by atoms with Crippen molar-refractivity contribution in [2.75, 3.05) is 13.2 Å². The van der Waals surface area contributed by atoms with Crippen LogP contribution >= 0.6 is 0 Å². The Bertz CT molecular complexity index is 272. The normalized spacial score (nSPS) is 21.5. The minimum atomic E-state index is -0.957. The lowest BCUT2D eigenvalue weighted by atomic mass is 10.2. The molecule has 0 aromatic heterocycles. The van der Waals surface area contributed by atoms with Gasteiger partial charge in [0.05, 0.1) is 13.2 Å². The number of carbonyl (C=O) groups is 2. The van der Waals surface area contributed by atoms with Gasteiger partial charge in [-0.3, -0.25) is 15.0 Å². The number of amides is 1. The molecule has 0 radical (unpaired) electrons. The second-order valence-corrected chi connectivity index (χ2v) is 4.46. The van der Waals surface area contributed by atoms with Gasteiger partial charge in [0.2, 0.25) is 0 Å². The van der Waals surface area contributed by atoms with E-state index in [2.05, 4.69) is 5.32 Å². The molecule has 6 heteroatoms. The van der Waals surface area contributed by atoms with Crippen molar-refractivity contribution in [3.05, 3.63) is 0 Å². The van der Waals surface area contributed by atoms with E-state index in [1.165, 1.54) is 4.90 Å². The highest BCUT2D eigenvalue weighted by Gasteiger charge is 2.32. The van der Waals surface area contributed by atoms with E-state index < -0.39 is 23.7 Å². The number of carboxylic acids is 1. The van der Waals surface area contributed by atoms with Crippen molar-refractivity contribution >= 4 is 12.1 Å². The molecule has 1 aliphatic rings. The van der Waals surface area contributed by atoms with Gasteiger partial charge in [0, 0.05) is 0 Å². The molecule has 0 saturated carbocycles. The molecule has 0 bridgehead atoms. The van der Waals surface area contributed by atoms with Gasteiger partial charge in [0.25, 0.3) is 0 Å². The topological polar surface area (TPSA) is 78.9 Å². The van der Waals surface area contributed by atoms with Gasteiger partial charge < -0.3 is 9.84 Å². The van der Waals surface area contributed by atoms with Gasteiger partial charge in [0.15, 0.2) is 0 Å². The number of ether oxygens (including phenoxy) is 1. The van der Waals surface area contributed by atoms with Crippen LogP contribution in [-0.4, -0.2) is 46.9 Å². The maximum Gasteiger partial charge on any atom is 0.411 e. The summed E-state index contributed by atoms with van der Waals surface area (Å²) < 4.78 is 5.10. The van der Waals surface area contributed by atoms with E-state index in [0.717, 1.165) is 0 Å². The van der Waals surface area contributed by atoms with Crippen molar-refractivity contribution in [1.29, 1.82) is 0 Å². The molecule has 86 valence electrons. The number of nitrogens with one attached hydrogen (secondary N) is 1. The first-order valence-electron chi connectivity index (χ1n) is 4.74. The molecule has 0 spiro atoms. The lowest BCUT2D eigenvalue weighted by Crippen LogP contribution is -2.36. The Morgan fingerprint density at radius 2 is 2.07 bits per heavy atom. The number of nitrogens with zero attached hydrogens (tertiary/aromatic N) is 1. The summed E-state index contributed by atoms with van der Waals surface area (Å²) in [4.78, 5) is 23.5. The fraction of sp³-hybridized carbons (Fsp3) is 0.778. The number of hydrogen-bond acceptors (Lipinski definition) is 4. The van der Waals surface area contributed by atoms with Crippen molar-refractivity contribution < 1.29 is 19.4 Å². The fourth-order valence-electron chi connectivity index (χ4n) is 1.20. The van der Waals surface area contributed by atoms with Gasteiger partial charge in [-0.25, -0.2) is 4.79 Å². The Hall–Kier alpha value is -1.30. The van der Waals surface area contributed by atoms with E-state index in [1.807, 2.05) is 0 Å². The molecule has 2 N–H and O–H groups in total. The van der Waals surface area contributed by atoms with Crippen LogP contribution < -0.4 is 5.32 Å². The van der Waals surface area contributed by atoms with Crippen LogP contribution in [0.3, 0.4) is 0 Å². The SMILES string of the molecule is CC(C)(C)OC(=O)N1CN[C@@H](C(=O)O)C1. The molecule has 1 amide bonds. The third-order valence-corrected chi connectivity index (χ3v) is 1.88. The monoisotopic (exact) mass is 216 g/mol. The maximum absolute atomic E-state index is 11.5. The summed E-state index contributed by atoms with van der Waals surface area (Å²) in [7, 11) is 0. The number of hydrogen-bond donors (Lipinski definition) is 2. The first-order valence-corrected chi connectivity index (χ1v) is 4.74. The molecule has 1 saturated heterocycles. The smallest absolute Gasteiger partial charge is 0.411 e. The molecule has 1 aliphatic heterocycles. The Balaban J connectivity index is 2.47. The molecule has 15 heavy (non-hydrogen) atoms. The molecule has 6 nitrogen and oxygen atoms in total. The van der Waals surface area contributed by atoms with E-state index in [9.17, 15) is 9.59 Å². The molecule has 1 fully saturated rings. The Morgan fingerprint density at radius 1 is 1.47 bits per heavy atom. The van der Waals surface area contributed by atoms with Crippen LogP contribution in [0, 0.1) is 0 Å². The van der Waals surface area contributed by atoms with Crippen LogP contribution in [0.1, 0.15) is 20.8 Å². The zero-order chi connectivity index (χ0) is 11.6. The number of rotatable bonds is 1. The molecular weight excluding hydrogens is 200 g/mol. The largest absolute Gasteiger partial charge is 0.480 e. The summed E-state index contributed by atoms with van der Waals surface area (Å²) >= 11 is 0. The van der Waals surface area contributed by atoms with Crippen LogP contribution in [0.15, 0.2) is 0 Å². The molecule has 1 atom stereocenters. The molecule has 0 unspecified atom stereocenters. The molecule has 0 aromatic rings. The third kappa shape index (κ3) is 3.39. The summed E-state index contributed by atoms with van der Waals surface area (Å²) in [6, 6.07) is -0.697. The highest BCUT2D eigenvalue weighted by Crippen LogP contribution is 2.11. The molecule has 0 aromatic carbocycles. The minimum absolute atomic E-state index is 0.143. The van der Waals surface area contributed by atoms with Crippen LogP contribution in [0.5, 0.6) is 0 Å². The summed E-state index contributed by atoms with van der Waals surface area (Å²) in [6.07, 6.45) is -0.487. The summed E-state index contributed by atoms with van der Waals surface area (Å²) in [5.74, 6) is -0.957. The van der Waals surface area contributed by atoms with E-state index in [-0.39, 0.29) is 13.2 Å². The average molecular weight is 216 g/mol. The number of aliphatic carboxylic acids is 1. The molecule has 1 heterocycles. The zero-order valence-corrected chi connectivity index (χ0v) is 9.11. The van der Waals surface area contributed by atoms with E-state index in [1.54, 1.807) is 20.8 Å². The highest BCUT2D eigenvalue weighted by molar-refractivity contribution is 5.76. The first kappa shape index (κ1) is 11.8. The van der Waals surface area contributed by atoms with E-state index in [0.29, 0.717) is 0 Å². The van der Waals surface area contributed by atoms with Crippen LogP contribution in [0.25, 0.3) is 0 Å². The van der Waals surface area contributed by atoms with Gasteiger partial charge >= 0.3 is 12.1 Å². The molecule has 1 rings (SSSR count). The molecular formula is C9H16N2O4. The highest BCUT2D eigenvalue weighted by atomic mass is 16.6. The van der Waals surface area contributed by atoms with Crippen molar-refractivity contribution in [3.8, 4) is 0 Å². The van der Waals surface area contributed by atoms with Crippen molar-refractivity contribution in [2.24, 2.45) is 0 Å². The predicted molar refractivity (Wildman–Crippen MR) is 52.4 cm³/mol. The van der Waals surface area contributed by atoms with Crippen molar-refractivity contribution in [3.63, 3.8) is 0 Å². The Morgan fingerprint density at radius 3 is 2.47 bits per heavy atom. The maximum atomic E-state index is 11.5. The summed E-state index contributed by atoms with van der Waals surface area (Å²) in [6.45, 7) is 5.66. The zero-order valence-electron chi connectivity index (χ0n) is 9.11. The van der Waals surface area contributed by atoms with Crippen molar-refractivity contribution in [2.45, 2.75) is 32.4 Å². The van der Waals surface area contributed by atoms with Crippen LogP contribution in [0.4, 0.5) is 4.79 Å². The van der Waals surface area contributed by atoms with Crippen molar-refractivity contribution in [1.82, 2.24) is 10.2 Å². The average Bonchev–Trinajstić information content (AvgIpc) is 2.47. The predicted octanol–water partition coefficient (Wildman–Crippen LogP) is 0.237. The Labute approximate surface area is 88.2 Å². The second kappa shape index (κ2) is 4.06. The number of carbonyl (C=O) groups excluding carboxylic acids is 1. The standard InChI is InChI=1S/C9H16N2O4/c1-9(2,3)15-8(14)11-4-6(7(12)13)10-5-11/h6,10H,4-5H2,1-3H3,(H,12,13)/t6-/m1/s1. The number of carboxylic acid groups (broad SMARTS) is 1. The van der Waals surface area contributed by atoms with E-state index in [4.69, 9.17) is 9.84 Å². The Kier molecular flexibility index (Phi) is 3.18. The van der Waals surface area contributed by atoms with Gasteiger partial charge in [0.1, 0.15) is 11.6 Å². The van der Waals surface area contributed by atoms with Gasteiger partial charge in [-0.15, -0.1) is 0 Å². The van der Waals surface area contributed by atoms with Gasteiger partial charge in [-0.2, -0.15) is 0 Å². The second-order valence-electron chi connectivity index (χ2n) is 4.46. The first-order chi connectivity index (χ1) is 6.79. The minimum Gasteiger partial charge on any atom is -0.480 e. The summed E-state index contributed by atoms with van der Waals surface area (Å²) in [5.41, 5.74) is -0.557. The lowest BCUT2D eigenvalue weighted by molar-refractivity contribution is -0.138. The quantitative estimate of drug-likeness (QED) is 0.656. The summed E-state index contributed by atoms with van der Waals surface area (Å²) in [5, 5.41) is 11.4. The molecule has 0 aliphatic carbocycles. The van der Waals surface area contributed by atoms with Gasteiger partial charge in [-0.05, 0) is 20.8 Å². The fourth-order valence-corrected chi connectivity index (χ4v) is 1.20. The van der Waals surface area contributed by atoms with Crippen LogP contribution in [0.2, 0.25) is 0 Å². The third-order valence-electron chi connectivity index (χ3n) is 1.88. The lowest BCUT2D eigenvalue weighted by Gasteiger charge is -2.23. The van der Waals surface area contributed by atoms with Crippen LogP contribution in [-0.2, 0) is 9.53 Å². The van der Waals surface area contributed by atoms with E-state index >= 15 is 0 Å². The van der Waals surface area contributed by atoms with Gasteiger partial charge in [-0.1, -0.05) is 0 Å².